The number of piperidine rings is 1. The van der Waals surface area contributed by atoms with Gasteiger partial charge in [0.05, 0.1) is 0 Å². The topological polar surface area (TPSA) is 49.4 Å². The molecule has 0 aromatic heterocycles. The lowest BCUT2D eigenvalue weighted by Crippen LogP contribution is -2.52. The molecule has 1 aliphatic heterocycles. The number of likely N-dealkylation sites (tertiary alicyclic amines) is 1. The van der Waals surface area contributed by atoms with Gasteiger partial charge in [-0.25, -0.2) is 8.78 Å². The summed E-state index contributed by atoms with van der Waals surface area (Å²) < 4.78 is 49.2. The summed E-state index contributed by atoms with van der Waals surface area (Å²) in [6.07, 6.45) is -3.45. The molecule has 1 saturated heterocycles. The van der Waals surface area contributed by atoms with Crippen LogP contribution < -0.4 is 5.32 Å². The fourth-order valence-corrected chi connectivity index (χ4v) is 1.72. The van der Waals surface area contributed by atoms with Crippen LogP contribution in [0.1, 0.15) is 19.8 Å². The highest BCUT2D eigenvalue weighted by molar-refractivity contribution is 5.84. The third-order valence-corrected chi connectivity index (χ3v) is 2.85. The lowest BCUT2D eigenvalue weighted by Gasteiger charge is -2.32. The number of nitrogens with zero attached hydrogens (tertiary/aromatic N) is 1. The minimum absolute atomic E-state index is 0.141. The highest BCUT2D eigenvalue weighted by Gasteiger charge is 2.49. The van der Waals surface area contributed by atoms with Gasteiger partial charge in [0.15, 0.2) is 0 Å². The minimum Gasteiger partial charge on any atom is -0.348 e. The molecule has 1 rings (SSSR count). The van der Waals surface area contributed by atoms with Crippen LogP contribution in [0.25, 0.3) is 0 Å². The number of hydrogen-bond acceptors (Lipinski definition) is 2. The quantitative estimate of drug-likeness (QED) is 0.778. The summed E-state index contributed by atoms with van der Waals surface area (Å²) in [7, 11) is 0. The van der Waals surface area contributed by atoms with Gasteiger partial charge in [0.25, 0.3) is 5.91 Å². The third kappa shape index (κ3) is 3.33. The Balaban J connectivity index is 2.46. The van der Waals surface area contributed by atoms with Crippen LogP contribution in [0.2, 0.25) is 0 Å². The van der Waals surface area contributed by atoms with Crippen LogP contribution in [-0.2, 0) is 9.59 Å². The number of amides is 2. The first-order valence-electron chi connectivity index (χ1n) is 5.47. The maximum atomic E-state index is 12.7. The molecule has 0 saturated carbocycles. The smallest absolute Gasteiger partial charge is 0.348 e. The van der Waals surface area contributed by atoms with E-state index in [-0.39, 0.29) is 18.7 Å². The molecule has 1 N–H and O–H groups in total. The number of nitrogens with one attached hydrogen (secondary N) is 1. The van der Waals surface area contributed by atoms with Gasteiger partial charge in [-0.1, -0.05) is 0 Å². The van der Waals surface area contributed by atoms with Crippen molar-refractivity contribution < 1.29 is 27.2 Å². The van der Waals surface area contributed by atoms with Crippen LogP contribution in [0.5, 0.6) is 0 Å². The van der Waals surface area contributed by atoms with Crippen LogP contribution in [0.3, 0.4) is 0 Å². The van der Waals surface area contributed by atoms with Crippen molar-refractivity contribution >= 4 is 11.8 Å². The van der Waals surface area contributed by atoms with Gasteiger partial charge in [0, 0.05) is 26.1 Å². The molecule has 0 aliphatic carbocycles. The number of halogens is 4. The van der Waals surface area contributed by atoms with E-state index in [2.05, 4.69) is 0 Å². The van der Waals surface area contributed by atoms with Gasteiger partial charge in [0.1, 0.15) is 0 Å². The Labute approximate surface area is 101 Å². The molecule has 2 amide bonds. The maximum Gasteiger partial charge on any atom is 0.383 e. The van der Waals surface area contributed by atoms with Crippen molar-refractivity contribution in [2.24, 2.45) is 0 Å². The molecule has 1 aliphatic rings. The molecule has 104 valence electrons. The summed E-state index contributed by atoms with van der Waals surface area (Å²) in [5.41, 5.74) is 0. The number of carbonyl (C=O) groups excluding carboxylic acids is 2. The number of rotatable bonds is 3. The Bertz CT molecular complexity index is 328. The zero-order valence-electron chi connectivity index (χ0n) is 9.76. The summed E-state index contributed by atoms with van der Waals surface area (Å²) in [6.45, 7) is 2.02. The Morgan fingerprint density at radius 1 is 1.28 bits per heavy atom. The van der Waals surface area contributed by atoms with Crippen molar-refractivity contribution in [2.75, 3.05) is 13.1 Å². The molecular formula is C10H14F4N2O2. The summed E-state index contributed by atoms with van der Waals surface area (Å²) in [6, 6.07) is -0.599. The molecule has 4 nitrogen and oxygen atoms in total. The predicted octanol–water partition coefficient (Wildman–Crippen LogP) is 1.01. The average molecular weight is 270 g/mol. The van der Waals surface area contributed by atoms with Gasteiger partial charge in [0.2, 0.25) is 5.91 Å². The van der Waals surface area contributed by atoms with E-state index in [9.17, 15) is 27.2 Å². The van der Waals surface area contributed by atoms with E-state index >= 15 is 0 Å². The van der Waals surface area contributed by atoms with Crippen LogP contribution in [-0.4, -0.2) is 48.2 Å². The predicted molar refractivity (Wildman–Crippen MR) is 54.4 cm³/mol. The summed E-state index contributed by atoms with van der Waals surface area (Å²) in [5, 5.41) is 1.89. The van der Waals surface area contributed by atoms with Crippen molar-refractivity contribution in [2.45, 2.75) is 38.2 Å². The molecule has 0 unspecified atom stereocenters. The van der Waals surface area contributed by atoms with Gasteiger partial charge in [-0.3, -0.25) is 9.59 Å². The molecule has 18 heavy (non-hydrogen) atoms. The van der Waals surface area contributed by atoms with Crippen LogP contribution in [0.15, 0.2) is 0 Å². The molecule has 8 heteroatoms. The van der Waals surface area contributed by atoms with Crippen LogP contribution in [0.4, 0.5) is 17.6 Å². The third-order valence-electron chi connectivity index (χ3n) is 2.85. The first kappa shape index (κ1) is 14.7. The van der Waals surface area contributed by atoms with E-state index in [4.69, 9.17) is 0 Å². The average Bonchev–Trinajstić information content (AvgIpc) is 2.29. The highest BCUT2D eigenvalue weighted by atomic mass is 19.3. The van der Waals surface area contributed by atoms with Crippen LogP contribution >= 0.6 is 0 Å². The fraction of sp³-hybridized carbons (Fsp3) is 0.800. The Morgan fingerprint density at radius 3 is 2.17 bits per heavy atom. The second-order valence-electron chi connectivity index (χ2n) is 4.18. The van der Waals surface area contributed by atoms with Gasteiger partial charge < -0.3 is 10.2 Å². The molecule has 0 bridgehead atoms. The lowest BCUT2D eigenvalue weighted by molar-refractivity contribution is -0.170. The second kappa shape index (κ2) is 5.53. The molecule has 1 heterocycles. The SMILES string of the molecule is CC(=O)N1CCC(NC(=O)C(F)(F)C(F)F)CC1. The van der Waals surface area contributed by atoms with Crippen molar-refractivity contribution in [3.8, 4) is 0 Å². The first-order chi connectivity index (χ1) is 8.25. The van der Waals surface area contributed by atoms with E-state index in [0.29, 0.717) is 13.1 Å². The van der Waals surface area contributed by atoms with E-state index in [1.807, 2.05) is 5.32 Å². The number of alkyl halides is 4. The Hall–Kier alpha value is -1.34. The van der Waals surface area contributed by atoms with E-state index in [1.165, 1.54) is 11.8 Å². The summed E-state index contributed by atoms with van der Waals surface area (Å²) in [5.74, 6) is -6.77. The zero-order chi connectivity index (χ0) is 13.9. The molecule has 0 aromatic carbocycles. The van der Waals surface area contributed by atoms with Crippen molar-refractivity contribution in [3.63, 3.8) is 0 Å². The Kier molecular flexibility index (Phi) is 4.53. The summed E-state index contributed by atoms with van der Waals surface area (Å²) in [4.78, 5) is 23.5. The molecule has 0 aromatic rings. The van der Waals surface area contributed by atoms with Gasteiger partial charge in [-0.2, -0.15) is 8.78 Å². The lowest BCUT2D eigenvalue weighted by atomic mass is 10.0. The number of hydrogen-bond donors (Lipinski definition) is 1. The maximum absolute atomic E-state index is 12.7. The molecule has 0 radical (unpaired) electrons. The Morgan fingerprint density at radius 2 is 1.78 bits per heavy atom. The first-order valence-corrected chi connectivity index (χ1v) is 5.47. The molecular weight excluding hydrogens is 256 g/mol. The summed E-state index contributed by atoms with van der Waals surface area (Å²) >= 11 is 0. The van der Waals surface area contributed by atoms with Gasteiger partial charge >= 0.3 is 12.3 Å². The van der Waals surface area contributed by atoms with E-state index < -0.39 is 24.3 Å². The number of carbonyl (C=O) groups is 2. The normalized spacial score (nSPS) is 18.0. The van der Waals surface area contributed by atoms with Gasteiger partial charge in [-0.05, 0) is 12.8 Å². The van der Waals surface area contributed by atoms with Crippen molar-refractivity contribution in [1.29, 1.82) is 0 Å². The molecule has 0 atom stereocenters. The molecule has 0 spiro atoms. The fourth-order valence-electron chi connectivity index (χ4n) is 1.72. The zero-order valence-corrected chi connectivity index (χ0v) is 9.76. The highest BCUT2D eigenvalue weighted by Crippen LogP contribution is 2.23. The van der Waals surface area contributed by atoms with E-state index in [1.54, 1.807) is 0 Å². The standard InChI is InChI=1S/C10H14F4N2O2/c1-6(17)16-4-2-7(3-5-16)15-9(18)10(13,14)8(11)12/h7-8H,2-5H2,1H3,(H,15,18). The largest absolute Gasteiger partial charge is 0.383 e. The van der Waals surface area contributed by atoms with Crippen LogP contribution in [0, 0.1) is 0 Å². The van der Waals surface area contributed by atoms with Crippen molar-refractivity contribution in [3.05, 3.63) is 0 Å². The van der Waals surface area contributed by atoms with Crippen molar-refractivity contribution in [1.82, 2.24) is 10.2 Å². The second-order valence-corrected chi connectivity index (χ2v) is 4.18. The van der Waals surface area contributed by atoms with Gasteiger partial charge in [-0.15, -0.1) is 0 Å². The monoisotopic (exact) mass is 270 g/mol. The van der Waals surface area contributed by atoms with E-state index in [0.717, 1.165) is 0 Å². The minimum atomic E-state index is -4.67. The molecule has 1 fully saturated rings.